The quantitative estimate of drug-likeness (QED) is 0.291. The first-order valence-corrected chi connectivity index (χ1v) is 9.48. The second kappa shape index (κ2) is 8.25. The fourth-order valence-corrected chi connectivity index (χ4v) is 3.43. The molecule has 0 fully saturated rings. The zero-order valence-corrected chi connectivity index (χ0v) is 16.4. The van der Waals surface area contributed by atoms with E-state index >= 15 is 0 Å². The molecule has 2 heterocycles. The van der Waals surface area contributed by atoms with Crippen LogP contribution in [0.5, 0.6) is 0 Å². The lowest BCUT2D eigenvalue weighted by atomic mass is 10.0. The SMILES string of the molecule is Cc1cc(C)nc(SCCc2noc(-c3cc(C(F)(F)F)cc(C(F)(F)F)c3)n2)n1. The number of aromatic nitrogens is 4. The van der Waals surface area contributed by atoms with E-state index in [0.717, 1.165) is 11.4 Å². The van der Waals surface area contributed by atoms with Gasteiger partial charge in [-0.3, -0.25) is 0 Å². The molecule has 0 aliphatic heterocycles. The summed E-state index contributed by atoms with van der Waals surface area (Å²) in [5.74, 6) is 0.167. The number of halogens is 6. The summed E-state index contributed by atoms with van der Waals surface area (Å²) in [6.07, 6.45) is -9.65. The molecule has 5 nitrogen and oxygen atoms in total. The highest BCUT2D eigenvalue weighted by atomic mass is 32.2. The van der Waals surface area contributed by atoms with Crippen molar-refractivity contribution < 1.29 is 30.9 Å². The van der Waals surface area contributed by atoms with Crippen LogP contribution < -0.4 is 0 Å². The highest BCUT2D eigenvalue weighted by Crippen LogP contribution is 2.38. The lowest BCUT2D eigenvalue weighted by Gasteiger charge is -2.12. The van der Waals surface area contributed by atoms with E-state index in [2.05, 4.69) is 20.1 Å². The molecule has 0 unspecified atom stereocenters. The van der Waals surface area contributed by atoms with E-state index in [1.165, 1.54) is 11.8 Å². The maximum absolute atomic E-state index is 13.0. The van der Waals surface area contributed by atoms with Gasteiger partial charge in [0.15, 0.2) is 11.0 Å². The molecule has 3 aromatic rings. The molecule has 0 saturated carbocycles. The van der Waals surface area contributed by atoms with E-state index in [-0.39, 0.29) is 18.3 Å². The zero-order chi connectivity index (χ0) is 22.1. The Kier molecular flexibility index (Phi) is 6.06. The maximum Gasteiger partial charge on any atom is 0.416 e. The minimum Gasteiger partial charge on any atom is -0.334 e. The van der Waals surface area contributed by atoms with Gasteiger partial charge in [-0.15, -0.1) is 0 Å². The van der Waals surface area contributed by atoms with Gasteiger partial charge in [0.05, 0.1) is 11.1 Å². The van der Waals surface area contributed by atoms with Crippen LogP contribution in [0.25, 0.3) is 11.5 Å². The smallest absolute Gasteiger partial charge is 0.334 e. The molecule has 0 spiro atoms. The van der Waals surface area contributed by atoms with Crippen molar-refractivity contribution in [3.05, 3.63) is 52.6 Å². The average molecular weight is 448 g/mol. The van der Waals surface area contributed by atoms with Gasteiger partial charge in [-0.25, -0.2) is 9.97 Å². The summed E-state index contributed by atoms with van der Waals surface area (Å²) in [7, 11) is 0. The maximum atomic E-state index is 13.0. The zero-order valence-electron chi connectivity index (χ0n) is 15.6. The molecule has 0 bridgehead atoms. The lowest BCUT2D eigenvalue weighted by molar-refractivity contribution is -0.143. The molecular weight excluding hydrogens is 434 g/mol. The minimum atomic E-state index is -4.96. The van der Waals surface area contributed by atoms with Crippen LogP contribution in [0.15, 0.2) is 33.9 Å². The molecule has 2 aromatic heterocycles. The molecule has 30 heavy (non-hydrogen) atoms. The molecule has 0 N–H and O–H groups in total. The number of alkyl halides is 6. The van der Waals surface area contributed by atoms with E-state index in [9.17, 15) is 26.3 Å². The second-order valence-electron chi connectivity index (χ2n) is 6.34. The Bertz CT molecular complexity index is 995. The standard InChI is InChI=1S/C18H14F6N4OS/c1-9-5-10(2)26-16(25-9)30-4-3-14-27-15(29-28-14)11-6-12(17(19,20)21)8-13(7-11)18(22,23)24/h5-8H,3-4H2,1-2H3. The van der Waals surface area contributed by atoms with Gasteiger partial charge in [-0.1, -0.05) is 16.9 Å². The summed E-state index contributed by atoms with van der Waals surface area (Å²) >= 11 is 1.32. The van der Waals surface area contributed by atoms with Gasteiger partial charge in [0.25, 0.3) is 5.89 Å². The van der Waals surface area contributed by atoms with Crippen molar-refractivity contribution >= 4 is 11.8 Å². The summed E-state index contributed by atoms with van der Waals surface area (Å²) < 4.78 is 82.8. The molecular formula is C18H14F6N4OS. The largest absolute Gasteiger partial charge is 0.416 e. The van der Waals surface area contributed by atoms with Gasteiger partial charge < -0.3 is 4.52 Å². The van der Waals surface area contributed by atoms with Gasteiger partial charge in [-0.2, -0.15) is 31.3 Å². The first-order valence-electron chi connectivity index (χ1n) is 8.49. The number of hydrogen-bond donors (Lipinski definition) is 0. The molecule has 1 aromatic carbocycles. The van der Waals surface area contributed by atoms with Crippen molar-refractivity contribution in [3.8, 4) is 11.5 Å². The third-order valence-corrected chi connectivity index (χ3v) is 4.67. The summed E-state index contributed by atoms with van der Waals surface area (Å²) in [4.78, 5) is 12.4. The number of rotatable bonds is 5. The summed E-state index contributed by atoms with van der Waals surface area (Å²) in [5.41, 5.74) is -1.75. The van der Waals surface area contributed by atoms with Gasteiger partial charge in [0.2, 0.25) is 0 Å². The van der Waals surface area contributed by atoms with E-state index in [0.29, 0.717) is 23.0 Å². The molecule has 0 aliphatic rings. The van der Waals surface area contributed by atoms with Crippen LogP contribution in [-0.2, 0) is 18.8 Å². The normalized spacial score (nSPS) is 12.4. The number of thioether (sulfide) groups is 1. The Labute approximate surface area is 170 Å². The van der Waals surface area contributed by atoms with Crippen molar-refractivity contribution in [2.75, 3.05) is 5.75 Å². The van der Waals surface area contributed by atoms with Crippen molar-refractivity contribution in [1.82, 2.24) is 20.1 Å². The summed E-state index contributed by atoms with van der Waals surface area (Å²) in [5, 5.41) is 4.19. The predicted molar refractivity (Wildman–Crippen MR) is 95.7 cm³/mol. The molecule has 12 heteroatoms. The van der Waals surface area contributed by atoms with Gasteiger partial charge in [0.1, 0.15) is 0 Å². The first-order chi connectivity index (χ1) is 13.9. The molecule has 3 rings (SSSR count). The monoisotopic (exact) mass is 448 g/mol. The molecule has 0 amide bonds. The Balaban J connectivity index is 1.78. The Hall–Kier alpha value is -2.63. The van der Waals surface area contributed by atoms with Crippen LogP contribution in [0.2, 0.25) is 0 Å². The molecule has 0 saturated heterocycles. The van der Waals surface area contributed by atoms with Crippen LogP contribution in [0, 0.1) is 13.8 Å². The Morgan fingerprint density at radius 2 is 1.40 bits per heavy atom. The lowest BCUT2D eigenvalue weighted by Crippen LogP contribution is -2.11. The van der Waals surface area contributed by atoms with Gasteiger partial charge in [0, 0.05) is 29.1 Å². The summed E-state index contributed by atoms with van der Waals surface area (Å²) in [6, 6.07) is 2.95. The molecule has 160 valence electrons. The number of benzene rings is 1. The molecule has 0 radical (unpaired) electrons. The number of aryl methyl sites for hydroxylation is 3. The van der Waals surface area contributed by atoms with Crippen molar-refractivity contribution in [3.63, 3.8) is 0 Å². The second-order valence-corrected chi connectivity index (χ2v) is 7.40. The van der Waals surface area contributed by atoms with E-state index in [1.807, 2.05) is 19.9 Å². The first kappa shape index (κ1) is 22.1. The molecule has 0 atom stereocenters. The van der Waals surface area contributed by atoms with E-state index < -0.39 is 34.9 Å². The van der Waals surface area contributed by atoms with Crippen LogP contribution in [-0.4, -0.2) is 25.9 Å². The van der Waals surface area contributed by atoms with Crippen molar-refractivity contribution in [2.24, 2.45) is 0 Å². The highest BCUT2D eigenvalue weighted by molar-refractivity contribution is 7.99. The topological polar surface area (TPSA) is 64.7 Å². The number of nitrogens with zero attached hydrogens (tertiary/aromatic N) is 4. The fourth-order valence-electron chi connectivity index (χ4n) is 2.54. The van der Waals surface area contributed by atoms with E-state index in [1.54, 1.807) is 0 Å². The van der Waals surface area contributed by atoms with Crippen LogP contribution in [0.3, 0.4) is 0 Å². The number of hydrogen-bond acceptors (Lipinski definition) is 6. The van der Waals surface area contributed by atoms with Crippen LogP contribution in [0.1, 0.15) is 28.3 Å². The van der Waals surface area contributed by atoms with E-state index in [4.69, 9.17) is 4.52 Å². The fraction of sp³-hybridized carbons (Fsp3) is 0.333. The Morgan fingerprint density at radius 1 is 0.833 bits per heavy atom. The third-order valence-electron chi connectivity index (χ3n) is 3.82. The average Bonchev–Trinajstić information content (AvgIpc) is 3.08. The van der Waals surface area contributed by atoms with Crippen molar-refractivity contribution in [2.45, 2.75) is 37.8 Å². The van der Waals surface area contributed by atoms with Crippen LogP contribution >= 0.6 is 11.8 Å². The predicted octanol–water partition coefficient (Wildman–Crippen LogP) is 5.52. The summed E-state index contributed by atoms with van der Waals surface area (Å²) in [6.45, 7) is 3.66. The van der Waals surface area contributed by atoms with Gasteiger partial charge in [-0.05, 0) is 38.1 Å². The van der Waals surface area contributed by atoms with Crippen LogP contribution in [0.4, 0.5) is 26.3 Å². The third kappa shape index (κ3) is 5.49. The molecule has 0 aliphatic carbocycles. The Morgan fingerprint density at radius 3 is 1.93 bits per heavy atom. The highest BCUT2D eigenvalue weighted by Gasteiger charge is 2.37. The van der Waals surface area contributed by atoms with Gasteiger partial charge >= 0.3 is 12.4 Å². The minimum absolute atomic E-state index is 0.0429. The van der Waals surface area contributed by atoms with Crippen molar-refractivity contribution in [1.29, 1.82) is 0 Å².